The first kappa shape index (κ1) is 6.43. The summed E-state index contributed by atoms with van der Waals surface area (Å²) in [6, 6.07) is 0. The maximum atomic E-state index is 6.72. The summed E-state index contributed by atoms with van der Waals surface area (Å²) in [5.41, 5.74) is 5.09. The Morgan fingerprint density at radius 2 is 2.43 bits per heavy atom. The molecular weight excluding hydrogens is 90.1 g/mol. The fourth-order valence-corrected chi connectivity index (χ4v) is 0.223. The Hall–Kier alpha value is -0.570. The number of hydrogen-bond acceptors (Lipinski definition) is 2. The van der Waals surface area contributed by atoms with Crippen molar-refractivity contribution in [1.82, 2.24) is 5.32 Å². The van der Waals surface area contributed by atoms with Gasteiger partial charge in [0.05, 0.1) is 5.84 Å². The molecule has 0 fully saturated rings. The van der Waals surface area contributed by atoms with E-state index in [4.69, 9.17) is 11.1 Å². The summed E-state index contributed by atoms with van der Waals surface area (Å²) in [6.07, 6.45) is 0. The van der Waals surface area contributed by atoms with Gasteiger partial charge in [-0.15, -0.1) is 0 Å². The third-order valence-corrected chi connectivity index (χ3v) is 0.483. The highest BCUT2D eigenvalue weighted by Crippen LogP contribution is 1.55. The van der Waals surface area contributed by atoms with Gasteiger partial charge in [0, 0.05) is 20.0 Å². The van der Waals surface area contributed by atoms with Gasteiger partial charge in [0.1, 0.15) is 0 Å². The molecule has 0 rings (SSSR count). The second-order valence-electron chi connectivity index (χ2n) is 1.19. The van der Waals surface area contributed by atoms with Crippen LogP contribution < -0.4 is 11.1 Å². The smallest absolute Gasteiger partial charge is 0.0936 e. The molecule has 3 heteroatoms. The molecule has 7 heavy (non-hydrogen) atoms. The molecule has 0 aliphatic carbocycles. The molecule has 0 aromatic heterocycles. The Kier molecular flexibility index (Phi) is 3.32. The highest BCUT2D eigenvalue weighted by molar-refractivity contribution is 5.82. The van der Waals surface area contributed by atoms with Crippen LogP contribution in [-0.4, -0.2) is 18.9 Å². The summed E-state index contributed by atoms with van der Waals surface area (Å²) in [6.45, 7) is 4.49. The van der Waals surface area contributed by atoms with Crippen LogP contribution >= 0.6 is 0 Å². The number of nitrogens with one attached hydrogen (secondary N) is 2. The molecule has 0 unspecified atom stereocenters. The van der Waals surface area contributed by atoms with Crippen molar-refractivity contribution in [3.8, 4) is 0 Å². The molecule has 0 atom stereocenters. The summed E-state index contributed by atoms with van der Waals surface area (Å²) in [5, 5.41) is 9.36. The van der Waals surface area contributed by atoms with Crippen molar-refractivity contribution in [2.45, 2.75) is 0 Å². The number of nitrogens with two attached hydrogens (primary N) is 1. The van der Waals surface area contributed by atoms with Gasteiger partial charge in [0.25, 0.3) is 0 Å². The largest absolute Gasteiger partial charge is 0.373 e. The molecule has 0 aliphatic heterocycles. The summed E-state index contributed by atoms with van der Waals surface area (Å²) in [7, 11) is 0. The van der Waals surface area contributed by atoms with Gasteiger partial charge in [-0.2, -0.15) is 0 Å². The van der Waals surface area contributed by atoms with E-state index < -0.39 is 0 Å². The SMILES string of the molecule is [CH2]C(=N)NCCN. The van der Waals surface area contributed by atoms with Gasteiger partial charge in [0.15, 0.2) is 0 Å². The monoisotopic (exact) mass is 100 g/mol. The number of amidine groups is 1. The Balaban J connectivity index is 2.82. The minimum Gasteiger partial charge on any atom is -0.373 e. The summed E-state index contributed by atoms with van der Waals surface area (Å²) < 4.78 is 0. The van der Waals surface area contributed by atoms with E-state index >= 15 is 0 Å². The van der Waals surface area contributed by atoms with Crippen molar-refractivity contribution in [2.75, 3.05) is 13.1 Å². The highest BCUT2D eigenvalue weighted by atomic mass is 14.9. The molecule has 1 radical (unpaired) electrons. The average molecular weight is 100 g/mol. The molecule has 0 spiro atoms. The molecule has 0 saturated carbocycles. The molecule has 3 nitrogen and oxygen atoms in total. The fraction of sp³-hybridized carbons (Fsp3) is 0.500. The van der Waals surface area contributed by atoms with E-state index in [1.54, 1.807) is 0 Å². The van der Waals surface area contributed by atoms with Gasteiger partial charge in [-0.1, -0.05) is 0 Å². The third kappa shape index (κ3) is 5.43. The average Bonchev–Trinajstić information content (AvgIpc) is 1.61. The van der Waals surface area contributed by atoms with Crippen LogP contribution in [-0.2, 0) is 0 Å². The molecule has 0 aromatic carbocycles. The van der Waals surface area contributed by atoms with Crippen molar-refractivity contribution in [3.63, 3.8) is 0 Å². The molecule has 0 amide bonds. The lowest BCUT2D eigenvalue weighted by Crippen LogP contribution is -2.26. The quantitative estimate of drug-likeness (QED) is 0.319. The Labute approximate surface area is 43.4 Å². The molecule has 0 saturated heterocycles. The van der Waals surface area contributed by atoms with Crippen molar-refractivity contribution in [1.29, 1.82) is 5.41 Å². The van der Waals surface area contributed by atoms with E-state index in [9.17, 15) is 0 Å². The van der Waals surface area contributed by atoms with Gasteiger partial charge in [-0.3, -0.25) is 5.41 Å². The van der Waals surface area contributed by atoms with E-state index in [0.29, 0.717) is 13.1 Å². The van der Waals surface area contributed by atoms with Crippen molar-refractivity contribution < 1.29 is 0 Å². The molecule has 0 aromatic rings. The van der Waals surface area contributed by atoms with Crippen LogP contribution in [0, 0.1) is 12.3 Å². The molecule has 0 aliphatic rings. The Bertz CT molecular complexity index is 60.0. The summed E-state index contributed by atoms with van der Waals surface area (Å²) in [4.78, 5) is 0. The highest BCUT2D eigenvalue weighted by Gasteiger charge is 1.78. The second kappa shape index (κ2) is 3.61. The van der Waals surface area contributed by atoms with Crippen LogP contribution in [0.2, 0.25) is 0 Å². The maximum Gasteiger partial charge on any atom is 0.0936 e. The number of hydrogen-bond donors (Lipinski definition) is 3. The van der Waals surface area contributed by atoms with E-state index in [0.717, 1.165) is 0 Å². The molecule has 0 bridgehead atoms. The van der Waals surface area contributed by atoms with Crippen molar-refractivity contribution in [2.24, 2.45) is 5.73 Å². The molecule has 0 heterocycles. The predicted molar refractivity (Wildman–Crippen MR) is 30.1 cm³/mol. The first-order valence-corrected chi connectivity index (χ1v) is 2.12. The van der Waals surface area contributed by atoms with Gasteiger partial charge in [0.2, 0.25) is 0 Å². The summed E-state index contributed by atoms with van der Waals surface area (Å²) >= 11 is 0. The van der Waals surface area contributed by atoms with E-state index in [2.05, 4.69) is 12.2 Å². The van der Waals surface area contributed by atoms with Gasteiger partial charge in [-0.25, -0.2) is 0 Å². The predicted octanol–water partition coefficient (Wildman–Crippen LogP) is -0.654. The van der Waals surface area contributed by atoms with Crippen LogP contribution in [0.4, 0.5) is 0 Å². The molecular formula is C4H10N3. The van der Waals surface area contributed by atoms with Crippen molar-refractivity contribution in [3.05, 3.63) is 6.92 Å². The lowest BCUT2D eigenvalue weighted by molar-refractivity contribution is 0.874. The van der Waals surface area contributed by atoms with E-state index in [1.807, 2.05) is 0 Å². The van der Waals surface area contributed by atoms with Crippen LogP contribution in [0.5, 0.6) is 0 Å². The third-order valence-electron chi connectivity index (χ3n) is 0.483. The van der Waals surface area contributed by atoms with Gasteiger partial charge >= 0.3 is 0 Å². The van der Waals surface area contributed by atoms with Crippen LogP contribution in [0.25, 0.3) is 0 Å². The Morgan fingerprint density at radius 3 is 2.57 bits per heavy atom. The topological polar surface area (TPSA) is 61.9 Å². The minimum atomic E-state index is 0.227. The fourth-order valence-electron chi connectivity index (χ4n) is 0.223. The van der Waals surface area contributed by atoms with E-state index in [-0.39, 0.29) is 5.84 Å². The van der Waals surface area contributed by atoms with Gasteiger partial charge in [-0.05, 0) is 0 Å². The second-order valence-corrected chi connectivity index (χ2v) is 1.19. The zero-order chi connectivity index (χ0) is 5.70. The first-order valence-electron chi connectivity index (χ1n) is 2.12. The molecule has 41 valence electrons. The Morgan fingerprint density at radius 1 is 1.86 bits per heavy atom. The molecule has 4 N–H and O–H groups in total. The standard InChI is InChI=1S/C4H10N3/c1-4(6)7-3-2-5/h1-3,5H2,(H2,6,7). The van der Waals surface area contributed by atoms with Crippen LogP contribution in [0.1, 0.15) is 0 Å². The first-order chi connectivity index (χ1) is 3.27. The minimum absolute atomic E-state index is 0.227. The zero-order valence-corrected chi connectivity index (χ0v) is 4.20. The normalized spacial score (nSPS) is 8.29. The lowest BCUT2D eigenvalue weighted by Gasteiger charge is -1.96. The lowest BCUT2D eigenvalue weighted by atomic mass is 10.6. The van der Waals surface area contributed by atoms with Crippen molar-refractivity contribution >= 4 is 5.84 Å². The zero-order valence-electron chi connectivity index (χ0n) is 4.20. The van der Waals surface area contributed by atoms with Gasteiger partial charge < -0.3 is 11.1 Å². The summed E-state index contributed by atoms with van der Waals surface area (Å²) in [5.74, 6) is 0.227. The van der Waals surface area contributed by atoms with Crippen LogP contribution in [0.15, 0.2) is 0 Å². The van der Waals surface area contributed by atoms with Crippen LogP contribution in [0.3, 0.4) is 0 Å². The van der Waals surface area contributed by atoms with E-state index in [1.165, 1.54) is 0 Å². The number of rotatable bonds is 2. The maximum absolute atomic E-state index is 6.72.